The summed E-state index contributed by atoms with van der Waals surface area (Å²) in [6.45, 7) is 3.53. The van der Waals surface area contributed by atoms with Gasteiger partial charge in [-0.25, -0.2) is 0 Å². The monoisotopic (exact) mass is 351 g/mol. The molecule has 3 aromatic rings. The molecule has 134 valence electrons. The average molecular weight is 351 g/mol. The van der Waals surface area contributed by atoms with Gasteiger partial charge < -0.3 is 19.9 Å². The molecule has 0 atom stereocenters. The van der Waals surface area contributed by atoms with E-state index in [4.69, 9.17) is 4.74 Å². The molecule has 0 radical (unpaired) electrons. The molecule has 0 bridgehead atoms. The molecule has 7 heteroatoms. The van der Waals surface area contributed by atoms with Crippen LogP contribution < -0.4 is 10.2 Å². The van der Waals surface area contributed by atoms with Crippen LogP contribution in [-0.4, -0.2) is 53.9 Å². The Bertz CT molecular complexity index is 884. The molecule has 4 rings (SSSR count). The van der Waals surface area contributed by atoms with Crippen molar-refractivity contribution >= 4 is 22.6 Å². The summed E-state index contributed by atoms with van der Waals surface area (Å²) in [7, 11) is 0. The van der Waals surface area contributed by atoms with Crippen molar-refractivity contribution in [2.45, 2.75) is 6.42 Å². The SMILES string of the molecule is O=C(NCCc1c[nH]c2ccccc12)c1ccc(N2CCOCC2)nn1. The third kappa shape index (κ3) is 3.52. The molecule has 1 aliphatic rings. The molecule has 0 saturated carbocycles. The second kappa shape index (κ2) is 7.53. The molecule has 2 aromatic heterocycles. The molecule has 1 saturated heterocycles. The maximum absolute atomic E-state index is 12.3. The lowest BCUT2D eigenvalue weighted by molar-refractivity contribution is 0.0948. The minimum absolute atomic E-state index is 0.203. The molecule has 1 fully saturated rings. The van der Waals surface area contributed by atoms with Gasteiger partial charge in [0.15, 0.2) is 11.5 Å². The smallest absolute Gasteiger partial charge is 0.271 e. The number of aromatic nitrogens is 3. The average Bonchev–Trinajstić information content (AvgIpc) is 3.12. The van der Waals surface area contributed by atoms with Crippen LogP contribution in [0.15, 0.2) is 42.6 Å². The molecule has 1 amide bonds. The van der Waals surface area contributed by atoms with E-state index in [1.165, 1.54) is 10.9 Å². The number of benzene rings is 1. The van der Waals surface area contributed by atoms with Crippen LogP contribution in [0.1, 0.15) is 16.1 Å². The number of H-pyrrole nitrogens is 1. The number of carbonyl (C=O) groups is 1. The molecular weight excluding hydrogens is 330 g/mol. The van der Waals surface area contributed by atoms with E-state index in [0.29, 0.717) is 25.5 Å². The lowest BCUT2D eigenvalue weighted by Crippen LogP contribution is -2.37. The summed E-state index contributed by atoms with van der Waals surface area (Å²) in [5, 5.41) is 12.3. The Hall–Kier alpha value is -2.93. The molecule has 1 aliphatic heterocycles. The van der Waals surface area contributed by atoms with E-state index < -0.39 is 0 Å². The van der Waals surface area contributed by atoms with Crippen LogP contribution in [0.25, 0.3) is 10.9 Å². The first-order valence-electron chi connectivity index (χ1n) is 8.81. The first kappa shape index (κ1) is 16.5. The maximum atomic E-state index is 12.3. The van der Waals surface area contributed by atoms with Crippen molar-refractivity contribution in [3.63, 3.8) is 0 Å². The Morgan fingerprint density at radius 2 is 2.00 bits per heavy atom. The highest BCUT2D eigenvalue weighted by Crippen LogP contribution is 2.17. The van der Waals surface area contributed by atoms with Crippen molar-refractivity contribution in [3.8, 4) is 0 Å². The van der Waals surface area contributed by atoms with Gasteiger partial charge in [0.05, 0.1) is 13.2 Å². The first-order valence-corrected chi connectivity index (χ1v) is 8.81. The second-order valence-electron chi connectivity index (χ2n) is 6.24. The predicted octanol–water partition coefficient (Wildman–Crippen LogP) is 1.77. The summed E-state index contributed by atoms with van der Waals surface area (Å²) in [5.74, 6) is 0.578. The molecule has 0 spiro atoms. The number of aromatic amines is 1. The second-order valence-corrected chi connectivity index (χ2v) is 6.24. The Balaban J connectivity index is 1.33. The molecule has 7 nitrogen and oxygen atoms in total. The number of hydrogen-bond donors (Lipinski definition) is 2. The van der Waals surface area contributed by atoms with E-state index in [1.54, 1.807) is 6.07 Å². The predicted molar refractivity (Wildman–Crippen MR) is 99.4 cm³/mol. The summed E-state index contributed by atoms with van der Waals surface area (Å²) >= 11 is 0. The highest BCUT2D eigenvalue weighted by atomic mass is 16.5. The van der Waals surface area contributed by atoms with E-state index in [0.717, 1.165) is 30.8 Å². The Kier molecular flexibility index (Phi) is 4.79. The quantitative estimate of drug-likeness (QED) is 0.732. The number of anilines is 1. The maximum Gasteiger partial charge on any atom is 0.271 e. The van der Waals surface area contributed by atoms with Crippen LogP contribution >= 0.6 is 0 Å². The van der Waals surface area contributed by atoms with Crippen molar-refractivity contribution in [3.05, 3.63) is 53.9 Å². The van der Waals surface area contributed by atoms with E-state index in [1.807, 2.05) is 30.5 Å². The molecule has 0 aliphatic carbocycles. The van der Waals surface area contributed by atoms with Crippen LogP contribution in [0.4, 0.5) is 5.82 Å². The number of ether oxygens (including phenoxy) is 1. The van der Waals surface area contributed by atoms with Gasteiger partial charge in [0.25, 0.3) is 5.91 Å². The molecule has 26 heavy (non-hydrogen) atoms. The number of nitrogens with zero attached hydrogens (tertiary/aromatic N) is 3. The normalized spacial score (nSPS) is 14.5. The van der Waals surface area contributed by atoms with Gasteiger partial charge in [0, 0.05) is 36.7 Å². The number of rotatable bonds is 5. The molecule has 3 heterocycles. The van der Waals surface area contributed by atoms with Crippen LogP contribution in [0, 0.1) is 0 Å². The fourth-order valence-corrected chi connectivity index (χ4v) is 3.15. The number of carbonyl (C=O) groups excluding carboxylic acids is 1. The summed E-state index contributed by atoms with van der Waals surface area (Å²) < 4.78 is 5.33. The van der Waals surface area contributed by atoms with E-state index in [-0.39, 0.29) is 5.91 Å². The van der Waals surface area contributed by atoms with Crippen molar-refractivity contribution in [1.29, 1.82) is 0 Å². The number of morpholine rings is 1. The molecule has 2 N–H and O–H groups in total. The fraction of sp³-hybridized carbons (Fsp3) is 0.316. The standard InChI is InChI=1S/C19H21N5O2/c25-19(17-5-6-18(23-22-17)24-9-11-26-12-10-24)20-8-7-14-13-21-16-4-2-1-3-15(14)16/h1-6,13,21H,7-12H2,(H,20,25). The zero-order valence-corrected chi connectivity index (χ0v) is 14.4. The lowest BCUT2D eigenvalue weighted by atomic mass is 10.1. The van der Waals surface area contributed by atoms with Crippen molar-refractivity contribution in [2.75, 3.05) is 37.7 Å². The number of para-hydroxylation sites is 1. The van der Waals surface area contributed by atoms with Gasteiger partial charge in [-0.2, -0.15) is 0 Å². The van der Waals surface area contributed by atoms with Crippen molar-refractivity contribution in [2.24, 2.45) is 0 Å². The summed E-state index contributed by atoms with van der Waals surface area (Å²) in [6.07, 6.45) is 2.75. The lowest BCUT2D eigenvalue weighted by Gasteiger charge is -2.27. The van der Waals surface area contributed by atoms with E-state index in [2.05, 4.69) is 31.5 Å². The minimum Gasteiger partial charge on any atom is -0.378 e. The van der Waals surface area contributed by atoms with Gasteiger partial charge in [-0.15, -0.1) is 10.2 Å². The van der Waals surface area contributed by atoms with Crippen LogP contribution in [0.2, 0.25) is 0 Å². The van der Waals surface area contributed by atoms with Gasteiger partial charge in [-0.3, -0.25) is 4.79 Å². The number of hydrogen-bond acceptors (Lipinski definition) is 5. The van der Waals surface area contributed by atoms with Gasteiger partial charge >= 0.3 is 0 Å². The fourth-order valence-electron chi connectivity index (χ4n) is 3.15. The highest BCUT2D eigenvalue weighted by Gasteiger charge is 2.14. The third-order valence-electron chi connectivity index (χ3n) is 4.57. The van der Waals surface area contributed by atoms with E-state index in [9.17, 15) is 4.79 Å². The van der Waals surface area contributed by atoms with Gasteiger partial charge in [0.1, 0.15) is 0 Å². The Morgan fingerprint density at radius 3 is 2.81 bits per heavy atom. The zero-order valence-electron chi connectivity index (χ0n) is 14.4. The number of nitrogens with one attached hydrogen (secondary N) is 2. The molecular formula is C19H21N5O2. The summed E-state index contributed by atoms with van der Waals surface area (Å²) in [6, 6.07) is 11.7. The third-order valence-corrected chi connectivity index (χ3v) is 4.57. The van der Waals surface area contributed by atoms with Crippen LogP contribution in [0.5, 0.6) is 0 Å². The highest BCUT2D eigenvalue weighted by molar-refractivity contribution is 5.92. The van der Waals surface area contributed by atoms with Gasteiger partial charge in [-0.05, 0) is 30.2 Å². The van der Waals surface area contributed by atoms with Crippen molar-refractivity contribution in [1.82, 2.24) is 20.5 Å². The van der Waals surface area contributed by atoms with Gasteiger partial charge in [-0.1, -0.05) is 18.2 Å². The Morgan fingerprint density at radius 1 is 1.15 bits per heavy atom. The number of fused-ring (bicyclic) bond motifs is 1. The minimum atomic E-state index is -0.203. The van der Waals surface area contributed by atoms with E-state index >= 15 is 0 Å². The molecule has 1 aromatic carbocycles. The van der Waals surface area contributed by atoms with Crippen LogP contribution in [-0.2, 0) is 11.2 Å². The molecule has 0 unspecified atom stereocenters. The largest absolute Gasteiger partial charge is 0.378 e. The first-order chi connectivity index (χ1) is 12.8. The zero-order chi connectivity index (χ0) is 17.8. The summed E-state index contributed by atoms with van der Waals surface area (Å²) in [4.78, 5) is 17.6. The van der Waals surface area contributed by atoms with Crippen LogP contribution in [0.3, 0.4) is 0 Å². The number of amides is 1. The topological polar surface area (TPSA) is 83.1 Å². The van der Waals surface area contributed by atoms with Gasteiger partial charge in [0.2, 0.25) is 0 Å². The Labute approximate surface area is 151 Å². The summed E-state index contributed by atoms with van der Waals surface area (Å²) in [5.41, 5.74) is 2.63. The van der Waals surface area contributed by atoms with Crippen molar-refractivity contribution < 1.29 is 9.53 Å².